The summed E-state index contributed by atoms with van der Waals surface area (Å²) in [7, 11) is 0. The number of thiazole rings is 2. The van der Waals surface area contributed by atoms with Crippen molar-refractivity contribution in [3.05, 3.63) is 79.7 Å². The van der Waals surface area contributed by atoms with E-state index >= 15 is 0 Å². The molecule has 3 heterocycles. The van der Waals surface area contributed by atoms with Gasteiger partial charge in [-0.3, -0.25) is 4.98 Å². The van der Waals surface area contributed by atoms with E-state index in [4.69, 9.17) is 11.6 Å². The Morgan fingerprint density at radius 2 is 1.88 bits per heavy atom. The minimum Gasteiger partial charge on any atom is -0.356 e. The second-order valence-corrected chi connectivity index (χ2v) is 10.3. The van der Waals surface area contributed by atoms with Gasteiger partial charge in [0.1, 0.15) is 12.4 Å². The molecule has 0 aliphatic rings. The summed E-state index contributed by atoms with van der Waals surface area (Å²) < 4.78 is 53.8. The first kappa shape index (κ1) is 24.6. The number of nitrogens with zero attached hydrogens (tertiary/aromatic N) is 4. The molecule has 0 saturated carbocycles. The Bertz CT molecular complexity index is 1290. The molecule has 11 heteroatoms. The van der Waals surface area contributed by atoms with Crippen LogP contribution in [0.5, 0.6) is 0 Å². The van der Waals surface area contributed by atoms with E-state index in [0.29, 0.717) is 12.0 Å². The molecular formula is C23H19ClF4N4S2. The van der Waals surface area contributed by atoms with E-state index in [-0.39, 0.29) is 17.3 Å². The van der Waals surface area contributed by atoms with Gasteiger partial charge < -0.3 is 4.90 Å². The fraction of sp³-hybridized carbons (Fsp3) is 0.261. The third-order valence-electron chi connectivity index (χ3n) is 4.90. The van der Waals surface area contributed by atoms with E-state index in [1.807, 2.05) is 19.2 Å². The Hall–Kier alpha value is -2.56. The molecule has 0 saturated heterocycles. The van der Waals surface area contributed by atoms with Crippen molar-refractivity contribution in [3.8, 4) is 10.6 Å². The summed E-state index contributed by atoms with van der Waals surface area (Å²) in [6.45, 7) is 2.45. The first-order chi connectivity index (χ1) is 16.1. The lowest BCUT2D eigenvalue weighted by atomic mass is 10.2. The number of aryl methyl sites for hydroxylation is 2. The lowest BCUT2D eigenvalue weighted by Gasteiger charge is -2.26. The number of hydrogen-bond donors (Lipinski definition) is 0. The number of alkyl halides is 3. The number of rotatable bonds is 7. The molecule has 0 unspecified atom stereocenters. The summed E-state index contributed by atoms with van der Waals surface area (Å²) in [6.07, 6.45) is -2.49. The van der Waals surface area contributed by atoms with Gasteiger partial charge in [0.2, 0.25) is 0 Å². The maximum atomic E-state index is 14.3. The number of halogens is 5. The van der Waals surface area contributed by atoms with Crippen LogP contribution in [0.25, 0.3) is 10.6 Å². The monoisotopic (exact) mass is 526 g/mol. The van der Waals surface area contributed by atoms with Crippen LogP contribution in [0.15, 0.2) is 41.9 Å². The first-order valence-electron chi connectivity index (χ1n) is 10.2. The van der Waals surface area contributed by atoms with Crippen molar-refractivity contribution >= 4 is 40.0 Å². The Labute approximate surface area is 206 Å². The molecule has 4 rings (SSSR count). The normalized spacial score (nSPS) is 11.7. The minimum absolute atomic E-state index is 0.116. The molecule has 0 N–H and O–H groups in total. The van der Waals surface area contributed by atoms with Gasteiger partial charge in [0, 0.05) is 35.3 Å². The van der Waals surface area contributed by atoms with Crippen molar-refractivity contribution in [3.63, 3.8) is 0 Å². The van der Waals surface area contributed by atoms with Crippen LogP contribution >= 0.6 is 34.3 Å². The molecule has 0 spiro atoms. The quantitative estimate of drug-likeness (QED) is 0.238. The minimum atomic E-state index is -4.50. The van der Waals surface area contributed by atoms with E-state index in [0.717, 1.165) is 42.9 Å². The van der Waals surface area contributed by atoms with Crippen molar-refractivity contribution < 1.29 is 17.6 Å². The average molecular weight is 527 g/mol. The second kappa shape index (κ2) is 9.97. The zero-order chi connectivity index (χ0) is 24.5. The third kappa shape index (κ3) is 6.11. The van der Waals surface area contributed by atoms with Crippen LogP contribution in [0.2, 0.25) is 5.02 Å². The van der Waals surface area contributed by atoms with Crippen LogP contribution in [0, 0.1) is 19.7 Å². The molecule has 0 bridgehead atoms. The number of benzene rings is 1. The fourth-order valence-electron chi connectivity index (χ4n) is 3.47. The maximum absolute atomic E-state index is 14.3. The average Bonchev–Trinajstić information content (AvgIpc) is 3.33. The van der Waals surface area contributed by atoms with E-state index < -0.39 is 18.5 Å². The zero-order valence-electron chi connectivity index (χ0n) is 18.2. The number of hydrogen-bond acceptors (Lipinski definition) is 6. The van der Waals surface area contributed by atoms with Gasteiger partial charge in [0.05, 0.1) is 32.0 Å². The van der Waals surface area contributed by atoms with Crippen LogP contribution in [0.1, 0.15) is 27.0 Å². The highest BCUT2D eigenvalue weighted by atomic mass is 35.5. The highest BCUT2D eigenvalue weighted by Gasteiger charge is 2.32. The van der Waals surface area contributed by atoms with E-state index in [1.54, 1.807) is 23.5 Å². The summed E-state index contributed by atoms with van der Waals surface area (Å²) in [5, 5.41) is 3.96. The predicted octanol–water partition coefficient (Wildman–Crippen LogP) is 7.23. The Morgan fingerprint density at radius 1 is 1.09 bits per heavy atom. The van der Waals surface area contributed by atoms with Gasteiger partial charge in [-0.05, 0) is 43.7 Å². The molecule has 0 aliphatic carbocycles. The summed E-state index contributed by atoms with van der Waals surface area (Å²) in [6, 6.07) is 7.06. The topological polar surface area (TPSA) is 41.9 Å². The van der Waals surface area contributed by atoms with Crippen molar-refractivity contribution in [1.82, 2.24) is 15.0 Å². The SMILES string of the molecule is Cc1nc(C)c(-c2csc(Cc3ccc(CN(CC(F)(F)F)c4ccc(Cl)cc4F)cn3)n2)s1. The van der Waals surface area contributed by atoms with Gasteiger partial charge in [-0.15, -0.1) is 22.7 Å². The van der Waals surface area contributed by atoms with Crippen molar-refractivity contribution in [2.45, 2.75) is 33.0 Å². The molecule has 0 radical (unpaired) electrons. The van der Waals surface area contributed by atoms with Crippen LogP contribution in [0.4, 0.5) is 23.2 Å². The van der Waals surface area contributed by atoms with Crippen LogP contribution in [-0.4, -0.2) is 27.7 Å². The Kier molecular flexibility index (Phi) is 7.20. The van der Waals surface area contributed by atoms with E-state index in [2.05, 4.69) is 15.0 Å². The third-order valence-corrected chi connectivity index (χ3v) is 7.08. The van der Waals surface area contributed by atoms with Crippen LogP contribution < -0.4 is 4.90 Å². The van der Waals surface area contributed by atoms with E-state index in [1.165, 1.54) is 29.7 Å². The predicted molar refractivity (Wildman–Crippen MR) is 128 cm³/mol. The van der Waals surface area contributed by atoms with Gasteiger partial charge >= 0.3 is 6.18 Å². The van der Waals surface area contributed by atoms with Gasteiger partial charge in [-0.2, -0.15) is 13.2 Å². The number of aromatic nitrogens is 3. The summed E-state index contributed by atoms with van der Waals surface area (Å²) in [5.74, 6) is -0.813. The first-order valence-corrected chi connectivity index (χ1v) is 12.2. The van der Waals surface area contributed by atoms with Gasteiger partial charge in [-0.25, -0.2) is 14.4 Å². The van der Waals surface area contributed by atoms with Gasteiger partial charge in [-0.1, -0.05) is 17.7 Å². The molecule has 34 heavy (non-hydrogen) atoms. The lowest BCUT2D eigenvalue weighted by molar-refractivity contribution is -0.120. The smallest absolute Gasteiger partial charge is 0.356 e. The highest BCUT2D eigenvalue weighted by Crippen LogP contribution is 2.31. The van der Waals surface area contributed by atoms with Crippen LogP contribution in [-0.2, 0) is 13.0 Å². The molecule has 4 nitrogen and oxygen atoms in total. The molecule has 0 aliphatic heterocycles. The second-order valence-electron chi connectivity index (χ2n) is 7.68. The Morgan fingerprint density at radius 3 is 2.50 bits per heavy atom. The zero-order valence-corrected chi connectivity index (χ0v) is 20.5. The van der Waals surface area contributed by atoms with Crippen molar-refractivity contribution in [2.24, 2.45) is 0 Å². The molecule has 0 atom stereocenters. The largest absolute Gasteiger partial charge is 0.405 e. The summed E-state index contributed by atoms with van der Waals surface area (Å²) >= 11 is 8.86. The van der Waals surface area contributed by atoms with Crippen LogP contribution in [0.3, 0.4) is 0 Å². The Balaban J connectivity index is 1.48. The molecular weight excluding hydrogens is 508 g/mol. The number of anilines is 1. The molecule has 0 amide bonds. The summed E-state index contributed by atoms with van der Waals surface area (Å²) in [5.41, 5.74) is 2.92. The summed E-state index contributed by atoms with van der Waals surface area (Å²) in [4.78, 5) is 15.5. The molecule has 178 valence electrons. The maximum Gasteiger partial charge on any atom is 0.405 e. The van der Waals surface area contributed by atoms with Gasteiger partial charge in [0.25, 0.3) is 0 Å². The lowest BCUT2D eigenvalue weighted by Crippen LogP contribution is -2.34. The number of pyridine rings is 1. The molecule has 1 aromatic carbocycles. The molecule has 4 aromatic rings. The molecule has 3 aromatic heterocycles. The highest BCUT2D eigenvalue weighted by molar-refractivity contribution is 7.16. The molecule has 0 fully saturated rings. The van der Waals surface area contributed by atoms with Crippen molar-refractivity contribution in [1.29, 1.82) is 0 Å². The standard InChI is InChI=1S/C23H19ClF4N4S2/c1-13-22(34-14(2)30-13)19-11-33-21(31-19)8-17-5-3-15(9-29-17)10-32(12-23(26,27)28)20-6-4-16(24)7-18(20)25/h3-7,9,11H,8,10,12H2,1-2H3. The fourth-order valence-corrected chi connectivity index (χ4v) is 5.39. The van der Waals surface area contributed by atoms with Crippen molar-refractivity contribution in [2.75, 3.05) is 11.4 Å². The van der Waals surface area contributed by atoms with E-state index in [9.17, 15) is 17.6 Å². The van der Waals surface area contributed by atoms with Gasteiger partial charge in [0.15, 0.2) is 0 Å².